The highest BCUT2D eigenvalue weighted by molar-refractivity contribution is 5.96. The Labute approximate surface area is 113 Å². The zero-order valence-electron chi connectivity index (χ0n) is 11.2. The van der Waals surface area contributed by atoms with Crippen LogP contribution in [0.1, 0.15) is 41.3 Å². The van der Waals surface area contributed by atoms with E-state index in [9.17, 15) is 9.59 Å². The average molecular weight is 261 g/mol. The van der Waals surface area contributed by atoms with Gasteiger partial charge in [-0.1, -0.05) is 6.07 Å². The van der Waals surface area contributed by atoms with Crippen molar-refractivity contribution in [2.24, 2.45) is 0 Å². The molecule has 0 spiro atoms. The molecule has 1 N–H and O–H groups in total. The molecular weight excluding hydrogens is 242 g/mol. The molecule has 0 aliphatic heterocycles. The molecule has 4 heteroatoms. The highest BCUT2D eigenvalue weighted by Gasteiger charge is 2.13. The Hall–Kier alpha value is -1.84. The Kier molecular flexibility index (Phi) is 4.55. The number of esters is 1. The molecule has 0 unspecified atom stereocenters. The Bertz CT molecular complexity index is 482. The van der Waals surface area contributed by atoms with Gasteiger partial charge in [0.05, 0.1) is 6.61 Å². The molecule has 102 valence electrons. The SMILES string of the molecule is CCOC(=O)CNC(=O)c1ccc2c(c1)CCCC2. The fourth-order valence-corrected chi connectivity index (χ4v) is 2.34. The number of carbonyl (C=O) groups is 2. The van der Waals surface area contributed by atoms with Gasteiger partial charge in [0, 0.05) is 5.56 Å². The van der Waals surface area contributed by atoms with E-state index in [0.29, 0.717) is 12.2 Å². The average Bonchev–Trinajstić information content (AvgIpc) is 2.44. The number of ether oxygens (including phenoxy) is 1. The van der Waals surface area contributed by atoms with Crippen molar-refractivity contribution >= 4 is 11.9 Å². The third-order valence-electron chi connectivity index (χ3n) is 3.31. The van der Waals surface area contributed by atoms with Crippen LogP contribution in [0.3, 0.4) is 0 Å². The van der Waals surface area contributed by atoms with Crippen LogP contribution in [0.15, 0.2) is 18.2 Å². The topological polar surface area (TPSA) is 55.4 Å². The predicted molar refractivity (Wildman–Crippen MR) is 72.1 cm³/mol. The first-order chi connectivity index (χ1) is 9.20. The van der Waals surface area contributed by atoms with E-state index in [1.807, 2.05) is 18.2 Å². The molecular formula is C15H19NO3. The van der Waals surface area contributed by atoms with Crippen molar-refractivity contribution in [3.63, 3.8) is 0 Å². The van der Waals surface area contributed by atoms with Crippen molar-refractivity contribution in [3.05, 3.63) is 34.9 Å². The highest BCUT2D eigenvalue weighted by Crippen LogP contribution is 2.22. The molecule has 19 heavy (non-hydrogen) atoms. The Morgan fingerprint density at radius 1 is 1.21 bits per heavy atom. The van der Waals surface area contributed by atoms with E-state index in [0.717, 1.165) is 12.8 Å². The van der Waals surface area contributed by atoms with Crippen LogP contribution in [0.4, 0.5) is 0 Å². The van der Waals surface area contributed by atoms with Gasteiger partial charge in [0.25, 0.3) is 5.91 Å². The minimum atomic E-state index is -0.409. The lowest BCUT2D eigenvalue weighted by molar-refractivity contribution is -0.141. The quantitative estimate of drug-likeness (QED) is 0.842. The summed E-state index contributed by atoms with van der Waals surface area (Å²) >= 11 is 0. The Balaban J connectivity index is 1.97. The maximum absolute atomic E-state index is 11.9. The summed E-state index contributed by atoms with van der Waals surface area (Å²) in [7, 11) is 0. The standard InChI is InChI=1S/C15H19NO3/c1-2-19-14(17)10-16-15(18)13-8-7-11-5-3-4-6-12(11)9-13/h7-9H,2-6,10H2,1H3,(H,16,18). The second-order valence-electron chi connectivity index (χ2n) is 4.68. The van der Waals surface area contributed by atoms with Crippen LogP contribution in [0, 0.1) is 0 Å². The molecule has 0 aromatic heterocycles. The van der Waals surface area contributed by atoms with E-state index in [-0.39, 0.29) is 12.5 Å². The van der Waals surface area contributed by atoms with Gasteiger partial charge in [-0.25, -0.2) is 0 Å². The van der Waals surface area contributed by atoms with Crippen molar-refractivity contribution < 1.29 is 14.3 Å². The molecule has 0 saturated carbocycles. The molecule has 1 aliphatic carbocycles. The second-order valence-corrected chi connectivity index (χ2v) is 4.68. The molecule has 0 saturated heterocycles. The zero-order chi connectivity index (χ0) is 13.7. The van der Waals surface area contributed by atoms with Crippen LogP contribution in [0.5, 0.6) is 0 Å². The van der Waals surface area contributed by atoms with Crippen LogP contribution >= 0.6 is 0 Å². The molecule has 1 aliphatic rings. The van der Waals surface area contributed by atoms with Crippen molar-refractivity contribution in [1.29, 1.82) is 0 Å². The van der Waals surface area contributed by atoms with E-state index in [2.05, 4.69) is 5.32 Å². The number of hydrogen-bond donors (Lipinski definition) is 1. The van der Waals surface area contributed by atoms with E-state index in [1.165, 1.54) is 24.0 Å². The molecule has 0 radical (unpaired) electrons. The summed E-state index contributed by atoms with van der Waals surface area (Å²) in [6, 6.07) is 5.79. The number of aryl methyl sites for hydroxylation is 2. The molecule has 1 amide bonds. The summed E-state index contributed by atoms with van der Waals surface area (Å²) in [5, 5.41) is 2.58. The molecule has 2 rings (SSSR count). The number of amides is 1. The van der Waals surface area contributed by atoms with Crippen LogP contribution < -0.4 is 5.32 Å². The van der Waals surface area contributed by atoms with Crippen molar-refractivity contribution in [1.82, 2.24) is 5.32 Å². The van der Waals surface area contributed by atoms with E-state index >= 15 is 0 Å². The summed E-state index contributed by atoms with van der Waals surface area (Å²) in [4.78, 5) is 23.1. The van der Waals surface area contributed by atoms with Gasteiger partial charge in [-0.3, -0.25) is 9.59 Å². The number of rotatable bonds is 4. The first-order valence-corrected chi connectivity index (χ1v) is 6.76. The normalized spacial score (nSPS) is 13.5. The second kappa shape index (κ2) is 6.36. The highest BCUT2D eigenvalue weighted by atomic mass is 16.5. The summed E-state index contributed by atoms with van der Waals surface area (Å²) in [6.07, 6.45) is 4.54. The number of carbonyl (C=O) groups excluding carboxylic acids is 2. The molecule has 0 fully saturated rings. The monoisotopic (exact) mass is 261 g/mol. The van der Waals surface area contributed by atoms with Gasteiger partial charge in [-0.2, -0.15) is 0 Å². The molecule has 1 aromatic rings. The smallest absolute Gasteiger partial charge is 0.325 e. The van der Waals surface area contributed by atoms with Crippen molar-refractivity contribution in [2.45, 2.75) is 32.6 Å². The number of benzene rings is 1. The van der Waals surface area contributed by atoms with Gasteiger partial charge in [0.15, 0.2) is 0 Å². The fraction of sp³-hybridized carbons (Fsp3) is 0.467. The first-order valence-electron chi connectivity index (χ1n) is 6.76. The van der Waals surface area contributed by atoms with Crippen LogP contribution in [-0.2, 0) is 22.4 Å². The number of nitrogens with one attached hydrogen (secondary N) is 1. The maximum atomic E-state index is 11.9. The summed E-state index contributed by atoms with van der Waals surface area (Å²) in [5.41, 5.74) is 3.22. The maximum Gasteiger partial charge on any atom is 0.325 e. The van der Waals surface area contributed by atoms with Crippen molar-refractivity contribution in [3.8, 4) is 0 Å². The van der Waals surface area contributed by atoms with Gasteiger partial charge in [-0.05, 0) is 55.9 Å². The first kappa shape index (κ1) is 13.6. The molecule has 1 aromatic carbocycles. The lowest BCUT2D eigenvalue weighted by Gasteiger charge is -2.16. The van der Waals surface area contributed by atoms with E-state index in [4.69, 9.17) is 4.74 Å². The Morgan fingerprint density at radius 2 is 1.95 bits per heavy atom. The van der Waals surface area contributed by atoms with E-state index < -0.39 is 5.97 Å². The number of fused-ring (bicyclic) bond motifs is 1. The van der Waals surface area contributed by atoms with Crippen molar-refractivity contribution in [2.75, 3.05) is 13.2 Å². The van der Waals surface area contributed by atoms with Gasteiger partial charge < -0.3 is 10.1 Å². The summed E-state index contributed by atoms with van der Waals surface area (Å²) in [6.45, 7) is 1.99. The zero-order valence-corrected chi connectivity index (χ0v) is 11.2. The van der Waals surface area contributed by atoms with Crippen LogP contribution in [-0.4, -0.2) is 25.0 Å². The summed E-state index contributed by atoms with van der Waals surface area (Å²) in [5.74, 6) is -0.629. The van der Waals surface area contributed by atoms with Gasteiger partial charge in [0.1, 0.15) is 6.54 Å². The molecule has 0 bridgehead atoms. The largest absolute Gasteiger partial charge is 0.465 e. The number of hydrogen-bond acceptors (Lipinski definition) is 3. The Morgan fingerprint density at radius 3 is 2.68 bits per heavy atom. The van der Waals surface area contributed by atoms with Gasteiger partial charge >= 0.3 is 5.97 Å². The lowest BCUT2D eigenvalue weighted by Crippen LogP contribution is -2.30. The summed E-state index contributed by atoms with van der Waals surface area (Å²) < 4.78 is 4.77. The minimum Gasteiger partial charge on any atom is -0.465 e. The molecule has 0 heterocycles. The predicted octanol–water partition coefficient (Wildman–Crippen LogP) is 1.86. The van der Waals surface area contributed by atoms with Crippen LogP contribution in [0.25, 0.3) is 0 Å². The minimum absolute atomic E-state index is 0.0796. The van der Waals surface area contributed by atoms with E-state index in [1.54, 1.807) is 6.92 Å². The molecule has 0 atom stereocenters. The van der Waals surface area contributed by atoms with Gasteiger partial charge in [-0.15, -0.1) is 0 Å². The molecule has 4 nitrogen and oxygen atoms in total. The van der Waals surface area contributed by atoms with Gasteiger partial charge in [0.2, 0.25) is 0 Å². The third-order valence-corrected chi connectivity index (χ3v) is 3.31. The fourth-order valence-electron chi connectivity index (χ4n) is 2.34. The third kappa shape index (κ3) is 3.56. The van der Waals surface area contributed by atoms with Crippen LogP contribution in [0.2, 0.25) is 0 Å². The lowest BCUT2D eigenvalue weighted by atomic mass is 9.90.